The van der Waals surface area contributed by atoms with Crippen molar-refractivity contribution in [3.63, 3.8) is 0 Å². The van der Waals surface area contributed by atoms with Crippen LogP contribution in [0.15, 0.2) is 24.3 Å². The Bertz CT molecular complexity index is 600. The lowest BCUT2D eigenvalue weighted by atomic mass is 10.1. The predicted octanol–water partition coefficient (Wildman–Crippen LogP) is 3.93. The second kappa shape index (κ2) is 10.1. The van der Waals surface area contributed by atoms with E-state index in [1.807, 2.05) is 13.8 Å². The van der Waals surface area contributed by atoms with Gasteiger partial charge in [0.1, 0.15) is 5.02 Å². The maximum Gasteiger partial charge on any atom is 0.288 e. The number of benzene rings is 1. The van der Waals surface area contributed by atoms with E-state index in [0.717, 1.165) is 12.8 Å². The highest BCUT2D eigenvalue weighted by Gasteiger charge is 2.19. The Morgan fingerprint density at radius 3 is 2.62 bits per heavy atom. The van der Waals surface area contributed by atoms with Gasteiger partial charge in [-0.2, -0.15) is 0 Å². The smallest absolute Gasteiger partial charge is 0.288 e. The van der Waals surface area contributed by atoms with Crippen LogP contribution < -0.4 is 0 Å². The molecule has 0 saturated heterocycles. The van der Waals surface area contributed by atoms with Crippen LogP contribution in [0.5, 0.6) is 0 Å². The number of hydrogen-bond donors (Lipinski definition) is 0. The summed E-state index contributed by atoms with van der Waals surface area (Å²) in [5.41, 5.74) is 0.373. The first-order valence-electron chi connectivity index (χ1n) is 7.86. The third-order valence-electron chi connectivity index (χ3n) is 3.79. The molecule has 0 aromatic heterocycles. The van der Waals surface area contributed by atoms with Gasteiger partial charge in [0.2, 0.25) is 5.91 Å². The number of carbonyl (C=O) groups excluding carboxylic acids is 1. The van der Waals surface area contributed by atoms with E-state index in [0.29, 0.717) is 18.7 Å². The lowest BCUT2D eigenvalue weighted by Gasteiger charge is -2.29. The Morgan fingerprint density at radius 1 is 1.42 bits per heavy atom. The van der Waals surface area contributed by atoms with Crippen LogP contribution in [0, 0.1) is 10.1 Å². The first-order chi connectivity index (χ1) is 11.4. The monoisotopic (exact) mass is 354 g/mol. The summed E-state index contributed by atoms with van der Waals surface area (Å²) < 4.78 is 5.07. The summed E-state index contributed by atoms with van der Waals surface area (Å²) in [5, 5.41) is 11.0. The molecule has 0 N–H and O–H groups in total. The number of rotatable bonds is 9. The van der Waals surface area contributed by atoms with Gasteiger partial charge in [-0.1, -0.05) is 31.5 Å². The first-order valence-corrected chi connectivity index (χ1v) is 8.23. The van der Waals surface area contributed by atoms with Crippen LogP contribution in [0.4, 0.5) is 5.69 Å². The van der Waals surface area contributed by atoms with E-state index < -0.39 is 4.92 Å². The largest absolute Gasteiger partial charge is 0.383 e. The van der Waals surface area contributed by atoms with Crippen LogP contribution in [0.1, 0.15) is 32.3 Å². The minimum absolute atomic E-state index is 0.0715. The fraction of sp³-hybridized carbons (Fsp3) is 0.471. The number of nitro groups is 1. The first kappa shape index (κ1) is 20.1. The highest BCUT2D eigenvalue weighted by atomic mass is 35.5. The van der Waals surface area contributed by atoms with Crippen LogP contribution in [0.25, 0.3) is 6.08 Å². The summed E-state index contributed by atoms with van der Waals surface area (Å²) in [7, 11) is 1.60. The Kier molecular flexibility index (Phi) is 8.43. The molecule has 132 valence electrons. The third-order valence-corrected chi connectivity index (χ3v) is 4.11. The van der Waals surface area contributed by atoms with Crippen molar-refractivity contribution in [1.82, 2.24) is 4.90 Å². The molecule has 7 heteroatoms. The molecule has 1 aromatic carbocycles. The van der Waals surface area contributed by atoms with Gasteiger partial charge in [-0.25, -0.2) is 0 Å². The van der Waals surface area contributed by atoms with E-state index in [1.54, 1.807) is 24.2 Å². The molecule has 0 aliphatic rings. The Hall–Kier alpha value is -1.92. The molecule has 24 heavy (non-hydrogen) atoms. The Morgan fingerprint density at radius 2 is 2.08 bits per heavy atom. The van der Waals surface area contributed by atoms with Crippen LogP contribution in [-0.2, 0) is 9.53 Å². The van der Waals surface area contributed by atoms with E-state index in [1.165, 1.54) is 18.2 Å². The summed E-state index contributed by atoms with van der Waals surface area (Å²) >= 11 is 5.79. The minimum Gasteiger partial charge on any atom is -0.383 e. The van der Waals surface area contributed by atoms with Crippen molar-refractivity contribution in [1.29, 1.82) is 0 Å². The third kappa shape index (κ3) is 5.62. The highest BCUT2D eigenvalue weighted by Crippen LogP contribution is 2.25. The summed E-state index contributed by atoms with van der Waals surface area (Å²) in [6.45, 7) is 5.04. The van der Waals surface area contributed by atoms with E-state index in [2.05, 4.69) is 0 Å². The summed E-state index contributed by atoms with van der Waals surface area (Å²) in [6, 6.07) is 4.57. The fourth-order valence-electron chi connectivity index (χ4n) is 2.43. The normalized spacial score (nSPS) is 11.2. The van der Waals surface area contributed by atoms with Crippen molar-refractivity contribution in [3.05, 3.63) is 45.0 Å². The molecule has 1 aromatic rings. The molecule has 0 heterocycles. The highest BCUT2D eigenvalue weighted by molar-refractivity contribution is 6.32. The zero-order valence-corrected chi connectivity index (χ0v) is 15.0. The number of amides is 1. The van der Waals surface area contributed by atoms with Crippen molar-refractivity contribution >= 4 is 29.3 Å². The number of carbonyl (C=O) groups is 1. The zero-order valence-electron chi connectivity index (χ0n) is 14.2. The molecule has 0 aliphatic carbocycles. The lowest BCUT2D eigenvalue weighted by Crippen LogP contribution is -2.40. The number of hydrogen-bond acceptors (Lipinski definition) is 4. The fourth-order valence-corrected chi connectivity index (χ4v) is 2.61. The van der Waals surface area contributed by atoms with Gasteiger partial charge in [0, 0.05) is 31.8 Å². The molecule has 1 rings (SSSR count). The summed E-state index contributed by atoms with van der Waals surface area (Å²) in [4.78, 5) is 24.6. The second-order valence-corrected chi connectivity index (χ2v) is 5.70. The van der Waals surface area contributed by atoms with E-state index in [-0.39, 0.29) is 22.7 Å². The number of methoxy groups -OCH3 is 1. The van der Waals surface area contributed by atoms with Gasteiger partial charge in [-0.05, 0) is 30.5 Å². The molecule has 0 unspecified atom stereocenters. The number of nitrogens with zero attached hydrogens (tertiary/aromatic N) is 2. The molecule has 6 nitrogen and oxygen atoms in total. The van der Waals surface area contributed by atoms with Gasteiger partial charge < -0.3 is 9.64 Å². The SMILES string of the molecule is CCC(CC)N(CCOC)C(=O)C=Cc1ccc(Cl)c([N+](=O)[O-])c1. The molecular weight excluding hydrogens is 332 g/mol. The molecule has 0 radical (unpaired) electrons. The maximum atomic E-state index is 12.5. The number of ether oxygens (including phenoxy) is 1. The number of halogens is 1. The Labute approximate surface area is 147 Å². The molecular formula is C17H23ClN2O4. The molecule has 0 atom stereocenters. The second-order valence-electron chi connectivity index (χ2n) is 5.30. The summed E-state index contributed by atoms with van der Waals surface area (Å²) in [6.07, 6.45) is 4.70. The van der Waals surface area contributed by atoms with E-state index >= 15 is 0 Å². The van der Waals surface area contributed by atoms with Gasteiger partial charge in [0.15, 0.2) is 0 Å². The van der Waals surface area contributed by atoms with Crippen molar-refractivity contribution in [2.75, 3.05) is 20.3 Å². The van der Waals surface area contributed by atoms with Crippen molar-refractivity contribution in [3.8, 4) is 0 Å². The van der Waals surface area contributed by atoms with Crippen LogP contribution in [0.3, 0.4) is 0 Å². The van der Waals surface area contributed by atoms with Gasteiger partial charge in [-0.15, -0.1) is 0 Å². The molecule has 0 spiro atoms. The molecule has 0 aliphatic heterocycles. The van der Waals surface area contributed by atoms with E-state index in [9.17, 15) is 14.9 Å². The molecule has 0 bridgehead atoms. The van der Waals surface area contributed by atoms with Crippen LogP contribution in [0.2, 0.25) is 5.02 Å². The van der Waals surface area contributed by atoms with E-state index in [4.69, 9.17) is 16.3 Å². The standard InChI is InChI=1S/C17H23ClN2O4/c1-4-14(5-2)19(10-11-24-3)17(21)9-7-13-6-8-15(18)16(12-13)20(22)23/h6-9,12,14H,4-5,10-11H2,1-3H3. The minimum atomic E-state index is -0.545. The number of nitro benzene ring substituents is 1. The van der Waals surface area contributed by atoms with Crippen molar-refractivity contribution < 1.29 is 14.5 Å². The van der Waals surface area contributed by atoms with Crippen molar-refractivity contribution in [2.45, 2.75) is 32.7 Å². The lowest BCUT2D eigenvalue weighted by molar-refractivity contribution is -0.384. The van der Waals surface area contributed by atoms with Crippen LogP contribution >= 0.6 is 11.6 Å². The molecule has 1 amide bonds. The Balaban J connectivity index is 2.95. The molecule has 0 fully saturated rings. The van der Waals surface area contributed by atoms with Gasteiger partial charge in [0.05, 0.1) is 11.5 Å². The van der Waals surface area contributed by atoms with Crippen LogP contribution in [-0.4, -0.2) is 42.0 Å². The average Bonchev–Trinajstić information content (AvgIpc) is 2.57. The quantitative estimate of drug-likeness (QED) is 0.382. The summed E-state index contributed by atoms with van der Waals surface area (Å²) in [5.74, 6) is -0.140. The average molecular weight is 355 g/mol. The van der Waals surface area contributed by atoms with Gasteiger partial charge in [-0.3, -0.25) is 14.9 Å². The predicted molar refractivity (Wildman–Crippen MR) is 95.1 cm³/mol. The van der Waals surface area contributed by atoms with Gasteiger partial charge in [0.25, 0.3) is 5.69 Å². The maximum absolute atomic E-state index is 12.5. The molecule has 0 saturated carbocycles. The van der Waals surface area contributed by atoms with Gasteiger partial charge >= 0.3 is 0 Å². The van der Waals surface area contributed by atoms with Crippen molar-refractivity contribution in [2.24, 2.45) is 0 Å². The topological polar surface area (TPSA) is 72.7 Å². The zero-order chi connectivity index (χ0) is 18.1.